The lowest BCUT2D eigenvalue weighted by atomic mass is 9.95. The van der Waals surface area contributed by atoms with Crippen molar-refractivity contribution < 1.29 is 5.11 Å². The fraction of sp³-hybridized carbons (Fsp3) is 1.00. The van der Waals surface area contributed by atoms with E-state index in [1.54, 1.807) is 0 Å². The molecule has 1 N–H and O–H groups in total. The molecule has 140 valence electrons. The van der Waals surface area contributed by atoms with Crippen LogP contribution in [0.1, 0.15) is 129 Å². The molecule has 0 rings (SSSR count). The van der Waals surface area contributed by atoms with E-state index in [1.165, 1.54) is 109 Å². The van der Waals surface area contributed by atoms with Gasteiger partial charge in [-0.2, -0.15) is 0 Å². The van der Waals surface area contributed by atoms with Crippen molar-refractivity contribution in [3.63, 3.8) is 0 Å². The summed E-state index contributed by atoms with van der Waals surface area (Å²) in [7, 11) is 0. The molecule has 0 amide bonds. The molecule has 1 heteroatoms. The molecule has 0 aliphatic heterocycles. The molecule has 0 radical (unpaired) electrons. The van der Waals surface area contributed by atoms with Crippen molar-refractivity contribution in [1.29, 1.82) is 0 Å². The molecule has 0 bridgehead atoms. The molecular weight excluding hydrogens is 280 g/mol. The van der Waals surface area contributed by atoms with E-state index in [9.17, 15) is 0 Å². The highest BCUT2D eigenvalue weighted by molar-refractivity contribution is 4.56. The fourth-order valence-electron chi connectivity index (χ4n) is 3.44. The minimum Gasteiger partial charge on any atom is -0.396 e. The molecule has 1 nitrogen and oxygen atoms in total. The SMILES string of the molecule is CCCCCCCCCCC(C)CCCCCCCCCCO. The van der Waals surface area contributed by atoms with Crippen LogP contribution in [0.4, 0.5) is 0 Å². The van der Waals surface area contributed by atoms with Crippen LogP contribution < -0.4 is 0 Å². The highest BCUT2D eigenvalue weighted by atomic mass is 16.2. The van der Waals surface area contributed by atoms with Crippen molar-refractivity contribution in [3.05, 3.63) is 0 Å². The van der Waals surface area contributed by atoms with Crippen LogP contribution in [0, 0.1) is 5.92 Å². The summed E-state index contributed by atoms with van der Waals surface area (Å²) >= 11 is 0. The van der Waals surface area contributed by atoms with Crippen LogP contribution in [0.2, 0.25) is 0 Å². The van der Waals surface area contributed by atoms with Gasteiger partial charge in [0, 0.05) is 6.61 Å². The number of hydrogen-bond acceptors (Lipinski definition) is 1. The van der Waals surface area contributed by atoms with E-state index in [0.29, 0.717) is 6.61 Å². The smallest absolute Gasteiger partial charge is 0.0431 e. The first-order chi connectivity index (χ1) is 11.3. The lowest BCUT2D eigenvalue weighted by molar-refractivity contribution is 0.282. The maximum Gasteiger partial charge on any atom is 0.0431 e. The standard InChI is InChI=1S/C22H46O/c1-3-4-5-6-7-10-13-16-19-22(2)20-17-14-11-8-9-12-15-18-21-23/h22-23H,3-21H2,1-2H3. The summed E-state index contributed by atoms with van der Waals surface area (Å²) in [6, 6.07) is 0. The van der Waals surface area contributed by atoms with E-state index in [2.05, 4.69) is 13.8 Å². The van der Waals surface area contributed by atoms with E-state index in [-0.39, 0.29) is 0 Å². The minimum atomic E-state index is 0.372. The van der Waals surface area contributed by atoms with Crippen LogP contribution in [0.25, 0.3) is 0 Å². The molecule has 0 aromatic carbocycles. The van der Waals surface area contributed by atoms with Crippen molar-refractivity contribution in [1.82, 2.24) is 0 Å². The molecule has 23 heavy (non-hydrogen) atoms. The van der Waals surface area contributed by atoms with Crippen molar-refractivity contribution >= 4 is 0 Å². The maximum atomic E-state index is 8.73. The van der Waals surface area contributed by atoms with Crippen LogP contribution >= 0.6 is 0 Å². The number of aliphatic hydroxyl groups is 1. The maximum absolute atomic E-state index is 8.73. The zero-order valence-corrected chi connectivity index (χ0v) is 16.5. The first-order valence-electron chi connectivity index (χ1n) is 10.9. The van der Waals surface area contributed by atoms with E-state index in [0.717, 1.165) is 12.3 Å². The second kappa shape index (κ2) is 20.0. The number of rotatable bonds is 19. The van der Waals surface area contributed by atoms with E-state index >= 15 is 0 Å². The van der Waals surface area contributed by atoms with E-state index < -0.39 is 0 Å². The Morgan fingerprint density at radius 2 is 0.870 bits per heavy atom. The Morgan fingerprint density at radius 1 is 0.522 bits per heavy atom. The van der Waals surface area contributed by atoms with Gasteiger partial charge >= 0.3 is 0 Å². The summed E-state index contributed by atoms with van der Waals surface area (Å²) < 4.78 is 0. The van der Waals surface area contributed by atoms with Gasteiger partial charge in [-0.1, -0.05) is 123 Å². The first-order valence-corrected chi connectivity index (χ1v) is 10.9. The monoisotopic (exact) mass is 326 g/mol. The largest absolute Gasteiger partial charge is 0.396 e. The van der Waals surface area contributed by atoms with Crippen molar-refractivity contribution in [3.8, 4) is 0 Å². The van der Waals surface area contributed by atoms with Gasteiger partial charge in [-0.15, -0.1) is 0 Å². The summed E-state index contributed by atoms with van der Waals surface area (Å²) in [5.74, 6) is 0.944. The molecular formula is C22H46O. The Morgan fingerprint density at radius 3 is 1.26 bits per heavy atom. The molecule has 1 unspecified atom stereocenters. The fourth-order valence-corrected chi connectivity index (χ4v) is 3.44. The summed E-state index contributed by atoms with van der Waals surface area (Å²) in [5.41, 5.74) is 0. The molecule has 1 atom stereocenters. The third-order valence-electron chi connectivity index (χ3n) is 5.16. The molecule has 0 heterocycles. The predicted octanol–water partition coefficient (Wildman–Crippen LogP) is 7.66. The van der Waals surface area contributed by atoms with Gasteiger partial charge in [0.1, 0.15) is 0 Å². The highest BCUT2D eigenvalue weighted by Gasteiger charge is 2.02. The summed E-state index contributed by atoms with van der Waals surface area (Å²) in [4.78, 5) is 0. The van der Waals surface area contributed by atoms with Crippen LogP contribution in [0.3, 0.4) is 0 Å². The van der Waals surface area contributed by atoms with Crippen LogP contribution in [0.15, 0.2) is 0 Å². The zero-order chi connectivity index (χ0) is 17.0. The van der Waals surface area contributed by atoms with Gasteiger partial charge in [0.15, 0.2) is 0 Å². The second-order valence-corrected chi connectivity index (χ2v) is 7.71. The summed E-state index contributed by atoms with van der Waals surface area (Å²) in [6.07, 6.45) is 25.0. The quantitative estimate of drug-likeness (QED) is 0.242. The van der Waals surface area contributed by atoms with Gasteiger partial charge < -0.3 is 5.11 Å². The normalized spacial score (nSPS) is 12.7. The van der Waals surface area contributed by atoms with Crippen molar-refractivity contribution in [2.45, 2.75) is 129 Å². The highest BCUT2D eigenvalue weighted by Crippen LogP contribution is 2.18. The molecule has 0 aromatic heterocycles. The molecule has 0 aliphatic rings. The van der Waals surface area contributed by atoms with Gasteiger partial charge in [-0.25, -0.2) is 0 Å². The Labute approximate surface area is 147 Å². The van der Waals surface area contributed by atoms with E-state index in [1.807, 2.05) is 0 Å². The molecule has 0 saturated carbocycles. The van der Waals surface area contributed by atoms with Gasteiger partial charge in [0.2, 0.25) is 0 Å². The minimum absolute atomic E-state index is 0.372. The first kappa shape index (κ1) is 23.0. The lowest BCUT2D eigenvalue weighted by Gasteiger charge is -2.11. The Balaban J connectivity index is 3.11. The molecule has 0 fully saturated rings. The second-order valence-electron chi connectivity index (χ2n) is 7.71. The van der Waals surface area contributed by atoms with Gasteiger partial charge in [0.25, 0.3) is 0 Å². The van der Waals surface area contributed by atoms with Crippen molar-refractivity contribution in [2.24, 2.45) is 5.92 Å². The topological polar surface area (TPSA) is 20.2 Å². The van der Waals surface area contributed by atoms with Gasteiger partial charge in [-0.05, 0) is 12.3 Å². The number of unbranched alkanes of at least 4 members (excludes halogenated alkanes) is 14. The van der Waals surface area contributed by atoms with Gasteiger partial charge in [-0.3, -0.25) is 0 Å². The Hall–Kier alpha value is -0.0400. The predicted molar refractivity (Wildman–Crippen MR) is 105 cm³/mol. The van der Waals surface area contributed by atoms with Gasteiger partial charge in [0.05, 0.1) is 0 Å². The Kier molecular flexibility index (Phi) is 20.0. The van der Waals surface area contributed by atoms with Crippen LogP contribution in [-0.4, -0.2) is 11.7 Å². The zero-order valence-electron chi connectivity index (χ0n) is 16.5. The Bertz CT molecular complexity index is 202. The third-order valence-corrected chi connectivity index (χ3v) is 5.16. The molecule has 0 spiro atoms. The lowest BCUT2D eigenvalue weighted by Crippen LogP contribution is -1.95. The number of aliphatic hydroxyl groups excluding tert-OH is 1. The van der Waals surface area contributed by atoms with Crippen LogP contribution in [-0.2, 0) is 0 Å². The molecule has 0 aromatic rings. The summed E-state index contributed by atoms with van der Waals surface area (Å²) in [5, 5.41) is 8.73. The number of hydrogen-bond donors (Lipinski definition) is 1. The average Bonchev–Trinajstić information content (AvgIpc) is 2.56. The van der Waals surface area contributed by atoms with Crippen LogP contribution in [0.5, 0.6) is 0 Å². The van der Waals surface area contributed by atoms with E-state index in [4.69, 9.17) is 5.11 Å². The summed E-state index contributed by atoms with van der Waals surface area (Å²) in [6.45, 7) is 5.12. The molecule has 0 aliphatic carbocycles. The third kappa shape index (κ3) is 19.9. The van der Waals surface area contributed by atoms with Crippen molar-refractivity contribution in [2.75, 3.05) is 6.61 Å². The molecule has 0 saturated heterocycles. The average molecular weight is 327 g/mol.